The Bertz CT molecular complexity index is 898. The highest BCUT2D eigenvalue weighted by Crippen LogP contribution is 2.39. The summed E-state index contributed by atoms with van der Waals surface area (Å²) in [5.41, 5.74) is 8.89. The Kier molecular flexibility index (Phi) is 4.07. The molecule has 126 valence electrons. The van der Waals surface area contributed by atoms with E-state index in [1.165, 1.54) is 5.56 Å². The molecule has 7 heteroatoms. The number of aromatic nitrogens is 3. The fraction of sp³-hybridized carbons (Fsp3) is 0.167. The van der Waals surface area contributed by atoms with Crippen molar-refractivity contribution in [2.24, 2.45) is 10.7 Å². The van der Waals surface area contributed by atoms with Crippen molar-refractivity contribution in [3.8, 4) is 0 Å². The van der Waals surface area contributed by atoms with E-state index in [4.69, 9.17) is 10.7 Å². The maximum Gasteiger partial charge on any atom is 0.194 e. The van der Waals surface area contributed by atoms with Gasteiger partial charge >= 0.3 is 0 Å². The van der Waals surface area contributed by atoms with Crippen LogP contribution in [0.15, 0.2) is 71.0 Å². The van der Waals surface area contributed by atoms with E-state index < -0.39 is 5.54 Å². The van der Waals surface area contributed by atoms with Crippen LogP contribution >= 0.6 is 11.3 Å². The van der Waals surface area contributed by atoms with Gasteiger partial charge in [-0.25, -0.2) is 9.98 Å². The number of nitrogens with two attached hydrogens (primary N) is 1. The van der Waals surface area contributed by atoms with Crippen LogP contribution in [0.5, 0.6) is 0 Å². The third-order valence-corrected chi connectivity index (χ3v) is 5.00. The third kappa shape index (κ3) is 2.94. The van der Waals surface area contributed by atoms with Gasteiger partial charge in [0.25, 0.3) is 0 Å². The number of rotatable bonds is 5. The first-order chi connectivity index (χ1) is 12.3. The van der Waals surface area contributed by atoms with Crippen LogP contribution in [0.1, 0.15) is 16.7 Å². The van der Waals surface area contributed by atoms with Gasteiger partial charge in [0.05, 0.1) is 0 Å². The van der Waals surface area contributed by atoms with E-state index in [0.717, 1.165) is 24.1 Å². The molecule has 3 N–H and O–H groups in total. The highest BCUT2D eigenvalue weighted by Gasteiger charge is 2.35. The fourth-order valence-electron chi connectivity index (χ4n) is 3.15. The molecule has 2 aromatic heterocycles. The molecule has 4 rings (SSSR count). The molecule has 1 aliphatic heterocycles. The molecule has 0 amide bonds. The first-order valence-electron chi connectivity index (χ1n) is 8.01. The zero-order valence-corrected chi connectivity index (χ0v) is 14.4. The highest BCUT2D eigenvalue weighted by atomic mass is 32.1. The lowest BCUT2D eigenvalue weighted by atomic mass is 9.81. The van der Waals surface area contributed by atoms with Gasteiger partial charge in [0, 0.05) is 12.7 Å². The molecular formula is C18H18N6S. The van der Waals surface area contributed by atoms with Crippen molar-refractivity contribution in [1.29, 1.82) is 0 Å². The number of hydrogen-bond donors (Lipinski definition) is 2. The Morgan fingerprint density at radius 1 is 1.24 bits per heavy atom. The minimum Gasteiger partial charge on any atom is -0.370 e. The number of aliphatic imine (C=N–C) groups is 1. The van der Waals surface area contributed by atoms with E-state index in [1.807, 2.05) is 16.9 Å². The SMILES string of the molecule is NC1=NC(c2ccsc2)(c2ccccc2CCn2cncn2)C=CN1. The van der Waals surface area contributed by atoms with Crippen molar-refractivity contribution in [2.75, 3.05) is 0 Å². The summed E-state index contributed by atoms with van der Waals surface area (Å²) in [6, 6.07) is 10.5. The second-order valence-electron chi connectivity index (χ2n) is 5.82. The highest BCUT2D eigenvalue weighted by molar-refractivity contribution is 7.08. The smallest absolute Gasteiger partial charge is 0.194 e. The molecule has 0 aliphatic carbocycles. The Morgan fingerprint density at radius 2 is 2.16 bits per heavy atom. The second kappa shape index (κ2) is 6.52. The molecule has 0 radical (unpaired) electrons. The average Bonchev–Trinajstić information content (AvgIpc) is 3.34. The molecule has 25 heavy (non-hydrogen) atoms. The number of aryl methyl sites for hydroxylation is 2. The van der Waals surface area contributed by atoms with Crippen molar-refractivity contribution in [3.63, 3.8) is 0 Å². The van der Waals surface area contributed by atoms with Crippen molar-refractivity contribution in [2.45, 2.75) is 18.5 Å². The molecule has 1 unspecified atom stereocenters. The van der Waals surface area contributed by atoms with Gasteiger partial charge in [-0.1, -0.05) is 24.3 Å². The van der Waals surface area contributed by atoms with E-state index in [0.29, 0.717) is 5.96 Å². The fourth-order valence-corrected chi connectivity index (χ4v) is 3.86. The Morgan fingerprint density at radius 3 is 2.92 bits per heavy atom. The van der Waals surface area contributed by atoms with Gasteiger partial charge < -0.3 is 11.1 Å². The summed E-state index contributed by atoms with van der Waals surface area (Å²) in [6.45, 7) is 0.762. The molecule has 0 bridgehead atoms. The molecule has 6 nitrogen and oxygen atoms in total. The minimum atomic E-state index is -0.603. The van der Waals surface area contributed by atoms with Gasteiger partial charge in [0.15, 0.2) is 5.96 Å². The van der Waals surface area contributed by atoms with E-state index in [1.54, 1.807) is 24.0 Å². The zero-order valence-electron chi connectivity index (χ0n) is 13.5. The number of guanidine groups is 1. The molecule has 0 saturated heterocycles. The maximum absolute atomic E-state index is 6.02. The number of benzene rings is 1. The van der Waals surface area contributed by atoms with Crippen LogP contribution in [-0.2, 0) is 18.5 Å². The van der Waals surface area contributed by atoms with Gasteiger partial charge in [-0.2, -0.15) is 16.4 Å². The van der Waals surface area contributed by atoms with Crippen molar-refractivity contribution < 1.29 is 0 Å². The van der Waals surface area contributed by atoms with Gasteiger partial charge in [-0.15, -0.1) is 0 Å². The molecule has 1 aromatic carbocycles. The Hall–Kier alpha value is -2.93. The first kappa shape index (κ1) is 15.6. The summed E-state index contributed by atoms with van der Waals surface area (Å²) < 4.78 is 1.84. The van der Waals surface area contributed by atoms with Crippen LogP contribution in [0.4, 0.5) is 0 Å². The molecule has 0 spiro atoms. The minimum absolute atomic E-state index is 0.416. The summed E-state index contributed by atoms with van der Waals surface area (Å²) in [7, 11) is 0. The van der Waals surface area contributed by atoms with Crippen LogP contribution in [0.25, 0.3) is 0 Å². The summed E-state index contributed by atoms with van der Waals surface area (Å²) in [5.74, 6) is 0.416. The second-order valence-corrected chi connectivity index (χ2v) is 6.60. The number of nitrogens with one attached hydrogen (secondary N) is 1. The molecular weight excluding hydrogens is 332 g/mol. The quantitative estimate of drug-likeness (QED) is 0.739. The first-order valence-corrected chi connectivity index (χ1v) is 8.95. The van der Waals surface area contributed by atoms with E-state index in [-0.39, 0.29) is 0 Å². The topological polar surface area (TPSA) is 81.1 Å². The van der Waals surface area contributed by atoms with Crippen LogP contribution < -0.4 is 11.1 Å². The summed E-state index contributed by atoms with van der Waals surface area (Å²) in [4.78, 5) is 8.81. The van der Waals surface area contributed by atoms with Gasteiger partial charge in [0.2, 0.25) is 0 Å². The van der Waals surface area contributed by atoms with Crippen LogP contribution in [0.2, 0.25) is 0 Å². The van der Waals surface area contributed by atoms with E-state index in [9.17, 15) is 0 Å². The molecule has 1 aliphatic rings. The van der Waals surface area contributed by atoms with Crippen LogP contribution in [-0.4, -0.2) is 20.7 Å². The Balaban J connectivity index is 1.78. The molecule has 3 heterocycles. The summed E-state index contributed by atoms with van der Waals surface area (Å²) in [5, 5.41) is 11.4. The lowest BCUT2D eigenvalue weighted by molar-refractivity contribution is 0.598. The molecule has 0 fully saturated rings. The van der Waals surface area contributed by atoms with Crippen LogP contribution in [0.3, 0.4) is 0 Å². The predicted molar refractivity (Wildman–Crippen MR) is 99.2 cm³/mol. The number of nitrogens with zero attached hydrogens (tertiary/aromatic N) is 4. The summed E-state index contributed by atoms with van der Waals surface area (Å²) in [6.07, 6.45) is 8.06. The van der Waals surface area contributed by atoms with Crippen molar-refractivity contribution >= 4 is 17.3 Å². The van der Waals surface area contributed by atoms with Gasteiger partial charge in [0.1, 0.15) is 18.2 Å². The van der Waals surface area contributed by atoms with Crippen molar-refractivity contribution in [3.05, 3.63) is 82.7 Å². The lowest BCUT2D eigenvalue weighted by Crippen LogP contribution is -2.38. The summed E-state index contributed by atoms with van der Waals surface area (Å²) >= 11 is 1.66. The standard InChI is InChI=1S/C18H18N6S/c19-17-21-8-7-18(23-17,15-6-10-25-11-15)16-4-2-1-3-14(16)5-9-24-13-20-12-22-24/h1-4,6-8,10-13H,5,9H2,(H3,19,21,23). The zero-order chi connectivity index (χ0) is 17.1. The molecule has 3 aromatic rings. The number of hydrogen-bond acceptors (Lipinski definition) is 6. The van der Waals surface area contributed by atoms with Crippen molar-refractivity contribution in [1.82, 2.24) is 20.1 Å². The van der Waals surface area contributed by atoms with E-state index in [2.05, 4.69) is 56.5 Å². The van der Waals surface area contributed by atoms with Gasteiger partial charge in [-0.05, 0) is 46.0 Å². The lowest BCUT2D eigenvalue weighted by Gasteiger charge is -2.31. The number of thiophene rings is 1. The molecule has 1 atom stereocenters. The monoisotopic (exact) mass is 350 g/mol. The molecule has 0 saturated carbocycles. The normalized spacial score (nSPS) is 19.4. The largest absolute Gasteiger partial charge is 0.370 e. The third-order valence-electron chi connectivity index (χ3n) is 4.32. The van der Waals surface area contributed by atoms with Crippen LogP contribution in [0, 0.1) is 0 Å². The average molecular weight is 350 g/mol. The van der Waals surface area contributed by atoms with E-state index >= 15 is 0 Å². The maximum atomic E-state index is 6.02. The Labute approximate surface area is 149 Å². The predicted octanol–water partition coefficient (Wildman–Crippen LogP) is 2.26. The van der Waals surface area contributed by atoms with Gasteiger partial charge in [-0.3, -0.25) is 4.68 Å².